The Hall–Kier alpha value is -1.97. The van der Waals surface area contributed by atoms with Gasteiger partial charge in [-0.2, -0.15) is 5.10 Å². The summed E-state index contributed by atoms with van der Waals surface area (Å²) in [6.45, 7) is 11.0. The van der Waals surface area contributed by atoms with Crippen LogP contribution in [0.1, 0.15) is 45.4 Å². The summed E-state index contributed by atoms with van der Waals surface area (Å²) in [6.07, 6.45) is 2.11. The van der Waals surface area contributed by atoms with Crippen LogP contribution in [0.25, 0.3) is 11.3 Å². The number of aromatic amines is 1. The first-order valence-corrected chi connectivity index (χ1v) is 8.12. The maximum absolute atomic E-state index is 10.3. The Labute approximate surface area is 138 Å². The van der Waals surface area contributed by atoms with E-state index in [4.69, 9.17) is 4.74 Å². The molecule has 0 aliphatic heterocycles. The van der Waals surface area contributed by atoms with Crippen molar-refractivity contribution in [2.75, 3.05) is 7.11 Å². The largest absolute Gasteiger partial charge is 0.504 e. The normalized spacial score (nSPS) is 13.1. The zero-order valence-electron chi connectivity index (χ0n) is 15.0. The summed E-state index contributed by atoms with van der Waals surface area (Å²) in [5, 5.41) is 17.8. The molecule has 1 aromatic heterocycles. The van der Waals surface area contributed by atoms with Gasteiger partial charge < -0.3 is 9.84 Å². The van der Waals surface area contributed by atoms with Crippen LogP contribution in [0, 0.1) is 18.3 Å². The van der Waals surface area contributed by atoms with Crippen LogP contribution >= 0.6 is 0 Å². The van der Waals surface area contributed by atoms with E-state index in [1.807, 2.05) is 25.1 Å². The van der Waals surface area contributed by atoms with Crippen molar-refractivity contribution in [3.63, 3.8) is 0 Å². The molecule has 0 spiro atoms. The molecule has 4 nitrogen and oxygen atoms in total. The molecule has 1 unspecified atom stereocenters. The molecule has 0 saturated carbocycles. The average Bonchev–Trinajstić information content (AvgIpc) is 2.86. The monoisotopic (exact) mass is 316 g/mol. The molecular formula is C19H28N2O2. The summed E-state index contributed by atoms with van der Waals surface area (Å²) < 4.78 is 5.23. The SMILES string of the molecule is COc1cc(C)cc(-c2cc(CC(C)CC(C)(C)C)[nH]n2)c1O. The van der Waals surface area contributed by atoms with E-state index in [0.717, 1.165) is 29.8 Å². The zero-order valence-corrected chi connectivity index (χ0v) is 15.0. The lowest BCUT2D eigenvalue weighted by Crippen LogP contribution is -2.12. The van der Waals surface area contributed by atoms with E-state index >= 15 is 0 Å². The molecule has 1 aromatic carbocycles. The minimum absolute atomic E-state index is 0.138. The third-order valence-electron chi connectivity index (χ3n) is 3.88. The molecule has 0 aliphatic rings. The number of hydrogen-bond acceptors (Lipinski definition) is 3. The summed E-state index contributed by atoms with van der Waals surface area (Å²) in [5.41, 5.74) is 3.90. The lowest BCUT2D eigenvalue weighted by molar-refractivity contribution is 0.305. The molecule has 2 N–H and O–H groups in total. The highest BCUT2D eigenvalue weighted by molar-refractivity contribution is 5.71. The van der Waals surface area contributed by atoms with Crippen molar-refractivity contribution in [2.24, 2.45) is 11.3 Å². The summed E-state index contributed by atoms with van der Waals surface area (Å²) in [6, 6.07) is 5.77. The van der Waals surface area contributed by atoms with Gasteiger partial charge in [0, 0.05) is 11.3 Å². The van der Waals surface area contributed by atoms with Gasteiger partial charge in [-0.15, -0.1) is 0 Å². The molecule has 0 amide bonds. The third kappa shape index (κ3) is 4.50. The Morgan fingerprint density at radius 2 is 1.96 bits per heavy atom. The fourth-order valence-electron chi connectivity index (χ4n) is 3.19. The van der Waals surface area contributed by atoms with E-state index in [9.17, 15) is 5.11 Å². The molecule has 0 bridgehead atoms. The molecule has 0 fully saturated rings. The van der Waals surface area contributed by atoms with Gasteiger partial charge in [0.1, 0.15) is 0 Å². The number of nitrogens with one attached hydrogen (secondary N) is 1. The standard InChI is InChI=1S/C19H28N2O2/c1-12-8-15(18(22)17(9-12)23-6)16-10-14(20-21-16)7-13(2)11-19(3,4)5/h8-10,13,22H,7,11H2,1-6H3,(H,20,21). The smallest absolute Gasteiger partial charge is 0.167 e. The van der Waals surface area contributed by atoms with Gasteiger partial charge in [-0.3, -0.25) is 5.10 Å². The number of hydrogen-bond donors (Lipinski definition) is 2. The molecule has 126 valence electrons. The van der Waals surface area contributed by atoms with E-state index in [-0.39, 0.29) is 5.75 Å². The number of aromatic hydroxyl groups is 1. The minimum atomic E-state index is 0.138. The number of ether oxygens (including phenoxy) is 1. The second kappa shape index (κ2) is 6.65. The van der Waals surface area contributed by atoms with Crippen LogP contribution in [0.2, 0.25) is 0 Å². The van der Waals surface area contributed by atoms with Crippen molar-refractivity contribution in [3.8, 4) is 22.8 Å². The zero-order chi connectivity index (χ0) is 17.2. The minimum Gasteiger partial charge on any atom is -0.504 e. The highest BCUT2D eigenvalue weighted by Gasteiger charge is 2.18. The number of H-pyrrole nitrogens is 1. The second-order valence-corrected chi connectivity index (χ2v) is 7.72. The van der Waals surface area contributed by atoms with Gasteiger partial charge in [0.15, 0.2) is 11.5 Å². The third-order valence-corrected chi connectivity index (χ3v) is 3.88. The molecule has 1 heterocycles. The maximum Gasteiger partial charge on any atom is 0.167 e. The Kier molecular flexibility index (Phi) is 5.03. The summed E-state index contributed by atoms with van der Waals surface area (Å²) in [4.78, 5) is 0. The highest BCUT2D eigenvalue weighted by Crippen LogP contribution is 2.37. The molecule has 0 saturated heterocycles. The first-order chi connectivity index (χ1) is 10.7. The van der Waals surface area contributed by atoms with Crippen molar-refractivity contribution in [1.82, 2.24) is 10.2 Å². The van der Waals surface area contributed by atoms with Crippen LogP contribution in [-0.2, 0) is 6.42 Å². The van der Waals surface area contributed by atoms with Gasteiger partial charge in [-0.25, -0.2) is 0 Å². The van der Waals surface area contributed by atoms with Crippen LogP contribution in [0.15, 0.2) is 18.2 Å². The highest BCUT2D eigenvalue weighted by atomic mass is 16.5. The van der Waals surface area contributed by atoms with Crippen LogP contribution in [0.3, 0.4) is 0 Å². The van der Waals surface area contributed by atoms with Gasteiger partial charge >= 0.3 is 0 Å². The number of phenolic OH excluding ortho intramolecular Hbond substituents is 1. The molecular weight excluding hydrogens is 288 g/mol. The van der Waals surface area contributed by atoms with Gasteiger partial charge in [-0.05, 0) is 54.9 Å². The Bertz CT molecular complexity index is 668. The predicted octanol–water partition coefficient (Wildman–Crippen LogP) is 4.71. The molecule has 2 rings (SSSR count). The quantitative estimate of drug-likeness (QED) is 0.839. The maximum atomic E-state index is 10.3. The van der Waals surface area contributed by atoms with Crippen molar-refractivity contribution in [1.29, 1.82) is 0 Å². The lowest BCUT2D eigenvalue weighted by atomic mass is 9.84. The summed E-state index contributed by atoms with van der Waals surface area (Å²) >= 11 is 0. The van der Waals surface area contributed by atoms with E-state index in [2.05, 4.69) is 37.9 Å². The van der Waals surface area contributed by atoms with Crippen LogP contribution in [0.4, 0.5) is 0 Å². The molecule has 4 heteroatoms. The van der Waals surface area contributed by atoms with Crippen molar-refractivity contribution in [2.45, 2.75) is 47.5 Å². The molecule has 1 atom stereocenters. The predicted molar refractivity (Wildman–Crippen MR) is 93.9 cm³/mol. The van der Waals surface area contributed by atoms with Gasteiger partial charge in [0.05, 0.1) is 12.8 Å². The first-order valence-electron chi connectivity index (χ1n) is 8.12. The average molecular weight is 316 g/mol. The number of nitrogens with zero attached hydrogens (tertiary/aromatic N) is 1. The molecule has 2 aromatic rings. The van der Waals surface area contributed by atoms with Gasteiger partial charge in [-0.1, -0.05) is 27.7 Å². The van der Waals surface area contributed by atoms with Crippen LogP contribution < -0.4 is 4.74 Å². The summed E-state index contributed by atoms with van der Waals surface area (Å²) in [7, 11) is 1.56. The molecule has 23 heavy (non-hydrogen) atoms. The van der Waals surface area contributed by atoms with Crippen LogP contribution in [-0.4, -0.2) is 22.4 Å². The van der Waals surface area contributed by atoms with E-state index in [0.29, 0.717) is 22.6 Å². The second-order valence-electron chi connectivity index (χ2n) is 7.72. The number of aromatic nitrogens is 2. The van der Waals surface area contributed by atoms with E-state index in [1.54, 1.807) is 7.11 Å². The first kappa shape index (κ1) is 17.4. The van der Waals surface area contributed by atoms with Crippen molar-refractivity contribution >= 4 is 0 Å². The molecule has 0 aliphatic carbocycles. The van der Waals surface area contributed by atoms with Crippen molar-refractivity contribution in [3.05, 3.63) is 29.5 Å². The number of methoxy groups -OCH3 is 1. The van der Waals surface area contributed by atoms with Crippen LogP contribution in [0.5, 0.6) is 11.5 Å². The Balaban J connectivity index is 2.21. The fraction of sp³-hybridized carbons (Fsp3) is 0.526. The number of benzene rings is 1. The molecule has 0 radical (unpaired) electrons. The van der Waals surface area contributed by atoms with Gasteiger partial charge in [0.25, 0.3) is 0 Å². The Morgan fingerprint density at radius 3 is 2.57 bits per heavy atom. The summed E-state index contributed by atoms with van der Waals surface area (Å²) in [5.74, 6) is 1.19. The lowest BCUT2D eigenvalue weighted by Gasteiger charge is -2.22. The number of phenols is 1. The van der Waals surface area contributed by atoms with E-state index < -0.39 is 0 Å². The van der Waals surface area contributed by atoms with Crippen molar-refractivity contribution < 1.29 is 9.84 Å². The fourth-order valence-corrected chi connectivity index (χ4v) is 3.19. The van der Waals surface area contributed by atoms with Gasteiger partial charge in [0.2, 0.25) is 0 Å². The number of aryl methyl sites for hydroxylation is 1. The Morgan fingerprint density at radius 1 is 1.26 bits per heavy atom. The van der Waals surface area contributed by atoms with E-state index in [1.165, 1.54) is 0 Å². The topological polar surface area (TPSA) is 58.1 Å². The number of rotatable bonds is 5.